The third-order valence-corrected chi connectivity index (χ3v) is 5.26. The summed E-state index contributed by atoms with van der Waals surface area (Å²) in [5.74, 6) is -1.24. The van der Waals surface area contributed by atoms with Crippen LogP contribution in [0.4, 0.5) is 0 Å². The van der Waals surface area contributed by atoms with Crippen LogP contribution in [0.15, 0.2) is 40.4 Å². The van der Waals surface area contributed by atoms with E-state index in [0.29, 0.717) is 15.6 Å². The van der Waals surface area contributed by atoms with Crippen molar-refractivity contribution in [3.8, 4) is 0 Å². The molecule has 0 spiro atoms. The maximum atomic E-state index is 12.6. The van der Waals surface area contributed by atoms with Crippen molar-refractivity contribution in [2.24, 2.45) is 0 Å². The minimum atomic E-state index is -1.24. The fourth-order valence-corrected chi connectivity index (χ4v) is 4.08. The number of thioether (sulfide) groups is 1. The number of nitrogens with zero attached hydrogens (tertiary/aromatic N) is 3. The Morgan fingerprint density at radius 2 is 2.13 bits per heavy atom. The molecule has 0 aliphatic rings. The van der Waals surface area contributed by atoms with Gasteiger partial charge in [-0.2, -0.15) is 0 Å². The number of rotatable bonds is 2. The Bertz CT molecular complexity index is 1160. The van der Waals surface area contributed by atoms with Crippen LogP contribution in [0.2, 0.25) is 0 Å². The predicted octanol–water partition coefficient (Wildman–Crippen LogP) is 2.88. The van der Waals surface area contributed by atoms with Gasteiger partial charge in [-0.15, -0.1) is 11.3 Å². The van der Waals surface area contributed by atoms with Gasteiger partial charge < -0.3 is 5.11 Å². The second-order valence-corrected chi connectivity index (χ2v) is 6.62. The van der Waals surface area contributed by atoms with Gasteiger partial charge in [0.1, 0.15) is 10.4 Å². The molecule has 0 saturated heterocycles. The average Bonchev–Trinajstić information content (AvgIpc) is 2.93. The summed E-state index contributed by atoms with van der Waals surface area (Å²) in [4.78, 5) is 33.1. The monoisotopic (exact) mass is 343 g/mol. The van der Waals surface area contributed by atoms with Gasteiger partial charge in [-0.05, 0) is 18.4 Å². The van der Waals surface area contributed by atoms with E-state index in [1.54, 1.807) is 4.40 Å². The summed E-state index contributed by atoms with van der Waals surface area (Å²) in [6, 6.07) is 7.53. The summed E-state index contributed by atoms with van der Waals surface area (Å²) in [7, 11) is 0. The molecule has 4 rings (SSSR count). The van der Waals surface area contributed by atoms with Crippen LogP contribution < -0.4 is 5.43 Å². The molecule has 23 heavy (non-hydrogen) atoms. The highest BCUT2D eigenvalue weighted by Crippen LogP contribution is 2.30. The molecule has 8 heteroatoms. The number of aromatic carboxylic acids is 1. The quantitative estimate of drug-likeness (QED) is 0.445. The molecule has 0 amide bonds. The molecule has 0 aliphatic heterocycles. The van der Waals surface area contributed by atoms with Gasteiger partial charge in [-0.1, -0.05) is 23.9 Å². The van der Waals surface area contributed by atoms with Gasteiger partial charge in [-0.25, -0.2) is 14.8 Å². The Labute approximate surface area is 137 Å². The second kappa shape index (κ2) is 5.04. The minimum absolute atomic E-state index is 0.209. The highest BCUT2D eigenvalue weighted by atomic mass is 32.2. The van der Waals surface area contributed by atoms with Gasteiger partial charge in [0.25, 0.3) is 0 Å². The van der Waals surface area contributed by atoms with Gasteiger partial charge in [-0.3, -0.25) is 9.20 Å². The van der Waals surface area contributed by atoms with Crippen molar-refractivity contribution in [1.29, 1.82) is 0 Å². The lowest BCUT2D eigenvalue weighted by Gasteiger charge is -2.06. The van der Waals surface area contributed by atoms with Crippen LogP contribution in [0, 0.1) is 0 Å². The first-order valence-electron chi connectivity index (χ1n) is 6.62. The maximum absolute atomic E-state index is 12.6. The zero-order chi connectivity index (χ0) is 16.1. The van der Waals surface area contributed by atoms with Crippen LogP contribution >= 0.6 is 23.1 Å². The molecule has 6 nitrogen and oxygen atoms in total. The fourth-order valence-electron chi connectivity index (χ4n) is 2.57. The SMILES string of the molecule is CSc1ncc2c(=O)c(C(=O)O)c3sc4ccccc4n3c2n1. The minimum Gasteiger partial charge on any atom is -0.477 e. The normalized spacial score (nSPS) is 11.5. The van der Waals surface area contributed by atoms with Gasteiger partial charge in [0.15, 0.2) is 10.8 Å². The molecule has 1 N–H and O–H groups in total. The van der Waals surface area contributed by atoms with Gasteiger partial charge >= 0.3 is 5.97 Å². The van der Waals surface area contributed by atoms with E-state index in [9.17, 15) is 14.7 Å². The standard InChI is InChI=1S/C15H9N3O3S2/c1-22-15-16-6-7-11(19)10(14(20)21)13-18(12(7)17-15)8-4-2-3-5-9(8)23-13/h2-6H,1H3,(H,20,21). The summed E-state index contributed by atoms with van der Waals surface area (Å²) < 4.78 is 2.63. The van der Waals surface area contributed by atoms with Crippen molar-refractivity contribution in [2.45, 2.75) is 5.16 Å². The third kappa shape index (κ3) is 1.95. The second-order valence-electron chi connectivity index (χ2n) is 4.81. The topological polar surface area (TPSA) is 84.6 Å². The first-order valence-corrected chi connectivity index (χ1v) is 8.66. The number of benzene rings is 1. The Balaban J connectivity index is 2.38. The Hall–Kier alpha value is -2.45. The Morgan fingerprint density at radius 1 is 1.35 bits per heavy atom. The maximum Gasteiger partial charge on any atom is 0.342 e. The lowest BCUT2D eigenvalue weighted by Crippen LogP contribution is -2.18. The molecular weight excluding hydrogens is 334 g/mol. The molecule has 4 aromatic rings. The molecule has 0 saturated carbocycles. The van der Waals surface area contributed by atoms with Crippen molar-refractivity contribution >= 4 is 55.1 Å². The number of pyridine rings is 1. The van der Waals surface area contributed by atoms with Crippen LogP contribution in [0.3, 0.4) is 0 Å². The Kier molecular flexibility index (Phi) is 3.10. The molecule has 0 atom stereocenters. The summed E-state index contributed by atoms with van der Waals surface area (Å²) in [6.07, 6.45) is 3.25. The molecule has 1 aromatic carbocycles. The fraction of sp³-hybridized carbons (Fsp3) is 0.0667. The summed E-state index contributed by atoms with van der Waals surface area (Å²) in [5, 5.41) is 10.2. The molecule has 3 aromatic heterocycles. The van der Waals surface area contributed by atoms with Gasteiger partial charge in [0, 0.05) is 6.20 Å². The molecule has 0 bridgehead atoms. The van der Waals surface area contributed by atoms with Crippen molar-refractivity contribution < 1.29 is 9.90 Å². The number of carboxylic acids is 1. The molecule has 0 fully saturated rings. The largest absolute Gasteiger partial charge is 0.477 e. The average molecular weight is 343 g/mol. The van der Waals surface area contributed by atoms with E-state index in [0.717, 1.165) is 10.2 Å². The smallest absolute Gasteiger partial charge is 0.342 e. The highest BCUT2D eigenvalue weighted by Gasteiger charge is 2.22. The number of fused-ring (bicyclic) bond motifs is 5. The lowest BCUT2D eigenvalue weighted by molar-refractivity contribution is 0.0698. The van der Waals surface area contributed by atoms with Crippen LogP contribution in [-0.2, 0) is 0 Å². The van der Waals surface area contributed by atoms with Crippen LogP contribution in [0.1, 0.15) is 10.4 Å². The highest BCUT2D eigenvalue weighted by molar-refractivity contribution is 7.98. The van der Waals surface area contributed by atoms with E-state index in [2.05, 4.69) is 9.97 Å². The molecule has 3 heterocycles. The molecule has 114 valence electrons. The van der Waals surface area contributed by atoms with Crippen LogP contribution in [0.25, 0.3) is 26.1 Å². The zero-order valence-electron chi connectivity index (χ0n) is 11.8. The lowest BCUT2D eigenvalue weighted by atomic mass is 10.2. The molecule has 0 unspecified atom stereocenters. The van der Waals surface area contributed by atoms with E-state index in [-0.39, 0.29) is 10.9 Å². The number of thiazole rings is 1. The summed E-state index contributed by atoms with van der Waals surface area (Å²) >= 11 is 2.64. The molecule has 0 radical (unpaired) electrons. The van der Waals surface area contributed by atoms with Crippen molar-refractivity contribution in [3.63, 3.8) is 0 Å². The third-order valence-electron chi connectivity index (χ3n) is 3.56. The number of aromatic nitrogens is 3. The number of hydrogen-bond donors (Lipinski definition) is 1. The Morgan fingerprint density at radius 3 is 2.87 bits per heavy atom. The van der Waals surface area contributed by atoms with Crippen molar-refractivity contribution in [2.75, 3.05) is 6.26 Å². The zero-order valence-corrected chi connectivity index (χ0v) is 13.4. The van der Waals surface area contributed by atoms with Gasteiger partial charge in [0.05, 0.1) is 15.6 Å². The number of hydrogen-bond acceptors (Lipinski definition) is 6. The molecular formula is C15H9N3O3S2. The summed E-state index contributed by atoms with van der Waals surface area (Å²) in [5.41, 5.74) is 0.475. The number of carbonyl (C=O) groups is 1. The van der Waals surface area contributed by atoms with E-state index in [1.807, 2.05) is 30.5 Å². The number of carboxylic acid groups (broad SMARTS) is 1. The van der Waals surface area contributed by atoms with E-state index >= 15 is 0 Å². The first-order chi connectivity index (χ1) is 11.1. The van der Waals surface area contributed by atoms with Crippen LogP contribution in [-0.4, -0.2) is 31.7 Å². The van der Waals surface area contributed by atoms with Crippen LogP contribution in [0.5, 0.6) is 0 Å². The van der Waals surface area contributed by atoms with E-state index in [1.165, 1.54) is 29.3 Å². The number of para-hydroxylation sites is 1. The van der Waals surface area contributed by atoms with Crippen molar-refractivity contribution in [1.82, 2.24) is 14.4 Å². The first kappa shape index (κ1) is 14.2. The summed E-state index contributed by atoms with van der Waals surface area (Å²) in [6.45, 7) is 0. The van der Waals surface area contributed by atoms with E-state index < -0.39 is 11.4 Å². The predicted molar refractivity (Wildman–Crippen MR) is 90.9 cm³/mol. The van der Waals surface area contributed by atoms with Gasteiger partial charge in [0.2, 0.25) is 5.43 Å². The molecule has 0 aliphatic carbocycles. The van der Waals surface area contributed by atoms with Crippen molar-refractivity contribution in [3.05, 3.63) is 46.2 Å². The van der Waals surface area contributed by atoms with E-state index in [4.69, 9.17) is 0 Å².